The molecule has 5 aliphatic heterocycles. The molecule has 5 saturated heterocycles. The summed E-state index contributed by atoms with van der Waals surface area (Å²) in [6.45, 7) is 30.4. The molecular weight excluding hydrogens is 1030 g/mol. The van der Waals surface area contributed by atoms with Gasteiger partial charge < -0.3 is 59.1 Å². The summed E-state index contributed by atoms with van der Waals surface area (Å²) < 4.78 is 39.8. The van der Waals surface area contributed by atoms with Crippen LogP contribution >= 0.6 is 12.4 Å². The fourth-order valence-electron chi connectivity index (χ4n) is 10.3. The number of hydrogen-bond donors (Lipinski definition) is 3. The predicted octanol–water partition coefficient (Wildman–Crippen LogP) is 10.6. The highest BCUT2D eigenvalue weighted by molar-refractivity contribution is 5.90. The molecular formula is C62H109ClN4O12. The second kappa shape index (κ2) is 35.7. The van der Waals surface area contributed by atoms with E-state index in [1.165, 1.54) is 72.0 Å². The van der Waals surface area contributed by atoms with Crippen molar-refractivity contribution in [1.82, 2.24) is 15.1 Å². The molecule has 16 nitrogen and oxygen atoms in total. The van der Waals surface area contributed by atoms with Gasteiger partial charge in [0.25, 0.3) is 5.91 Å². The molecule has 5 rings (SSSR count). The topological polar surface area (TPSA) is 198 Å². The summed E-state index contributed by atoms with van der Waals surface area (Å²) in [5.41, 5.74) is 5.80. The molecule has 0 saturated carbocycles. The number of aliphatic hydroxyl groups is 1. The number of ether oxygens (including phenoxy) is 7. The van der Waals surface area contributed by atoms with E-state index in [0.29, 0.717) is 13.0 Å². The van der Waals surface area contributed by atoms with Crippen LogP contribution in [0.5, 0.6) is 0 Å². The molecule has 3 amide bonds. The molecule has 0 spiro atoms. The van der Waals surface area contributed by atoms with E-state index in [2.05, 4.69) is 66.1 Å². The molecule has 0 aliphatic carbocycles. The lowest BCUT2D eigenvalue weighted by Gasteiger charge is -2.45. The largest absolute Gasteiger partial charge is 0.454 e. The van der Waals surface area contributed by atoms with Crippen molar-refractivity contribution in [3.63, 3.8) is 0 Å². The molecule has 456 valence electrons. The number of aliphatic hydroxyl groups excluding tert-OH is 1. The molecule has 0 radical (unpaired) electrons. The van der Waals surface area contributed by atoms with Crippen molar-refractivity contribution < 1.29 is 57.4 Å². The van der Waals surface area contributed by atoms with E-state index < -0.39 is 72.2 Å². The lowest BCUT2D eigenvalue weighted by molar-refractivity contribution is -0.334. The van der Waals surface area contributed by atoms with Crippen LogP contribution in [0, 0.1) is 10.8 Å². The molecule has 10 atom stereocenters. The molecule has 5 fully saturated rings. The number of halogens is 1. The molecule has 0 aromatic heterocycles. The summed E-state index contributed by atoms with van der Waals surface area (Å²) in [6.07, 6.45) is 28.0. The highest BCUT2D eigenvalue weighted by Gasteiger charge is 2.55. The smallest absolute Gasteiger partial charge is 0.338 e. The maximum atomic E-state index is 13.4. The zero-order chi connectivity index (χ0) is 58.1. The average Bonchev–Trinajstić information content (AvgIpc) is 3.45. The number of amides is 3. The normalized spacial score (nSPS) is 27.5. The summed E-state index contributed by atoms with van der Waals surface area (Å²) in [4.78, 5) is 54.5. The second-order valence-corrected chi connectivity index (χ2v) is 25.0. The number of rotatable bonds is 25. The van der Waals surface area contributed by atoms with Gasteiger partial charge in [-0.1, -0.05) is 129 Å². The molecule has 0 aromatic rings. The Morgan fingerprint density at radius 3 is 1.67 bits per heavy atom. The Bertz CT molecular complexity index is 1880. The lowest BCUT2D eigenvalue weighted by atomic mass is 9.93. The van der Waals surface area contributed by atoms with Crippen LogP contribution in [0.25, 0.3) is 0 Å². The molecule has 5 heterocycles. The number of nitrogens with two attached hydrogens (primary N) is 1. The number of esters is 1. The van der Waals surface area contributed by atoms with Gasteiger partial charge in [0, 0.05) is 40.4 Å². The summed E-state index contributed by atoms with van der Waals surface area (Å²) in [5.74, 6) is -2.53. The van der Waals surface area contributed by atoms with Gasteiger partial charge in [-0.05, 0) is 116 Å². The number of likely N-dealkylation sites (tertiary alicyclic amines) is 2. The lowest BCUT2D eigenvalue weighted by Crippen LogP contribution is -2.62. The summed E-state index contributed by atoms with van der Waals surface area (Å²) >= 11 is 0. The predicted molar refractivity (Wildman–Crippen MR) is 315 cm³/mol. The maximum absolute atomic E-state index is 13.4. The van der Waals surface area contributed by atoms with E-state index in [4.69, 9.17) is 38.9 Å². The molecule has 0 aromatic carbocycles. The third-order valence-electron chi connectivity index (χ3n) is 14.5. The van der Waals surface area contributed by atoms with Crippen molar-refractivity contribution in [2.75, 3.05) is 40.4 Å². The van der Waals surface area contributed by atoms with Gasteiger partial charge >= 0.3 is 5.97 Å². The summed E-state index contributed by atoms with van der Waals surface area (Å²) in [7, 11) is 2.90. The van der Waals surface area contributed by atoms with Gasteiger partial charge in [0.2, 0.25) is 11.8 Å². The Morgan fingerprint density at radius 1 is 0.696 bits per heavy atom. The van der Waals surface area contributed by atoms with Crippen molar-refractivity contribution in [3.8, 4) is 0 Å². The summed E-state index contributed by atoms with van der Waals surface area (Å²) in [6, 6.07) is -0.862. The first-order chi connectivity index (χ1) is 36.8. The number of nitrogens with zero attached hydrogens (tertiary/aromatic N) is 2. The van der Waals surface area contributed by atoms with Crippen LogP contribution in [-0.2, 0) is 52.3 Å². The van der Waals surface area contributed by atoms with Gasteiger partial charge in [-0.15, -0.1) is 25.6 Å². The number of unbranched alkanes of at least 4 members (excludes halogenated alkanes) is 12. The first-order valence-corrected chi connectivity index (χ1v) is 29.7. The minimum atomic E-state index is -1.12. The van der Waals surface area contributed by atoms with Crippen LogP contribution < -0.4 is 11.1 Å². The van der Waals surface area contributed by atoms with E-state index in [0.717, 1.165) is 83.8 Å². The van der Waals surface area contributed by atoms with Crippen LogP contribution in [0.4, 0.5) is 0 Å². The zero-order valence-electron chi connectivity index (χ0n) is 50.9. The van der Waals surface area contributed by atoms with Gasteiger partial charge in [-0.25, -0.2) is 4.79 Å². The van der Waals surface area contributed by atoms with Crippen molar-refractivity contribution in [1.29, 1.82) is 0 Å². The third-order valence-corrected chi connectivity index (χ3v) is 14.5. The minimum Gasteiger partial charge on any atom is -0.454 e. The standard InChI is InChI=1S/C31H54N2O6.C16H30N2O.C15H24O5.ClH/c1-8-9-10-11-12-13-14-16-21-33-22-17-15-18-23(29(33)36)32-28(35)27(37-7)26-25(34)24(19-20-30(2,3)4)38-31(5,6)39-26;1-2-3-4-5-6-7-8-10-13-18-14-11-9-12-15(17)16(18)19;1-14(2,3)8-7-9-10-11(20-15(4,5)19-9)12(17-6)13(16)18-10;/h8,19-20,23-27,34H,1,9-18,21-22H2,2-7H3,(H,32,35);2,15H,1,3-14,17H2;7-12H,1-6H3;1H/b20-19+;;8-7+;/t23-,24+,25-,26+,27+;15-;9-,10+,11-,12-;/m001./s1. The second-order valence-electron chi connectivity index (χ2n) is 25.0. The van der Waals surface area contributed by atoms with Crippen LogP contribution in [0.1, 0.15) is 198 Å². The molecule has 5 aliphatic rings. The Labute approximate surface area is 483 Å². The van der Waals surface area contributed by atoms with E-state index in [1.807, 2.05) is 54.0 Å². The van der Waals surface area contributed by atoms with E-state index >= 15 is 0 Å². The van der Waals surface area contributed by atoms with Crippen LogP contribution in [0.2, 0.25) is 0 Å². The minimum absolute atomic E-state index is 0. The van der Waals surface area contributed by atoms with E-state index in [-0.39, 0.29) is 47.2 Å². The van der Waals surface area contributed by atoms with Gasteiger partial charge in [0.05, 0.1) is 6.04 Å². The first-order valence-electron chi connectivity index (χ1n) is 29.7. The SMILES string of the molecule is C=CCCCCCCCCN1CCCC[C@H](N)C1=O.C=CCCCCCCCCN1CCCC[C@H](NC(=O)[C@H](OC)[C@@H]2OC(C)(C)O[C@H](/C=C/C(C)(C)C)[C@@H]2O)C1=O.CO[C@H]1C(=O)O[C@@H]2[C@H]1OC(C)(C)O[C@@H]2/C=C/C(C)(C)C.Cl. The highest BCUT2D eigenvalue weighted by atomic mass is 35.5. The van der Waals surface area contributed by atoms with E-state index in [1.54, 1.807) is 13.8 Å². The molecule has 0 unspecified atom stereocenters. The van der Waals surface area contributed by atoms with Crippen LogP contribution in [0.15, 0.2) is 49.6 Å². The number of nitrogens with one attached hydrogen (secondary N) is 1. The Hall–Kier alpha value is -3.19. The molecule has 79 heavy (non-hydrogen) atoms. The fourth-order valence-corrected chi connectivity index (χ4v) is 10.3. The number of carbonyl (C=O) groups is 4. The van der Waals surface area contributed by atoms with Crippen molar-refractivity contribution in [2.24, 2.45) is 16.6 Å². The number of methoxy groups -OCH3 is 2. The van der Waals surface area contributed by atoms with Gasteiger partial charge in [-0.2, -0.15) is 0 Å². The Balaban J connectivity index is 0.000000446. The monoisotopic (exact) mass is 1140 g/mol. The fraction of sp³-hybridized carbons (Fsp3) is 0.806. The van der Waals surface area contributed by atoms with Crippen molar-refractivity contribution in [3.05, 3.63) is 49.6 Å². The first kappa shape index (κ1) is 71.9. The Kier molecular flexibility index (Phi) is 32.5. The Morgan fingerprint density at radius 2 is 1.16 bits per heavy atom. The van der Waals surface area contributed by atoms with Crippen LogP contribution in [-0.4, -0.2) is 151 Å². The van der Waals surface area contributed by atoms with Crippen molar-refractivity contribution in [2.45, 2.75) is 270 Å². The quantitative estimate of drug-likeness (QED) is 0.0444. The maximum Gasteiger partial charge on any atom is 0.338 e. The number of allylic oxidation sites excluding steroid dienone is 4. The van der Waals surface area contributed by atoms with Gasteiger partial charge in [-0.3, -0.25) is 14.4 Å². The third kappa shape index (κ3) is 26.3. The van der Waals surface area contributed by atoms with Gasteiger partial charge in [0.1, 0.15) is 36.6 Å². The number of hydrogen-bond acceptors (Lipinski definition) is 13. The molecule has 17 heteroatoms. The van der Waals surface area contributed by atoms with Gasteiger partial charge in [0.15, 0.2) is 29.9 Å². The number of fused-ring (bicyclic) bond motifs is 1. The van der Waals surface area contributed by atoms with Crippen LogP contribution in [0.3, 0.4) is 0 Å². The highest BCUT2D eigenvalue weighted by Crippen LogP contribution is 2.37. The molecule has 0 bridgehead atoms. The average molecular weight is 1140 g/mol. The zero-order valence-corrected chi connectivity index (χ0v) is 51.8. The summed E-state index contributed by atoms with van der Waals surface area (Å²) in [5, 5.41) is 14.0. The number of carbonyl (C=O) groups excluding carboxylic acids is 4. The van der Waals surface area contributed by atoms with Crippen molar-refractivity contribution >= 4 is 36.1 Å². The molecule has 4 N–H and O–H groups in total. The van der Waals surface area contributed by atoms with E-state index in [9.17, 15) is 24.3 Å².